The van der Waals surface area contributed by atoms with E-state index in [-0.39, 0.29) is 6.09 Å². The van der Waals surface area contributed by atoms with Crippen LogP contribution in [0.2, 0.25) is 0 Å². The van der Waals surface area contributed by atoms with Crippen LogP contribution in [0.3, 0.4) is 0 Å². The Hall–Kier alpha value is -0.770. The normalized spacial score (nSPS) is 34.0. The van der Waals surface area contributed by atoms with Gasteiger partial charge in [-0.2, -0.15) is 0 Å². The van der Waals surface area contributed by atoms with Gasteiger partial charge in [0, 0.05) is 19.1 Å². The third-order valence-electron chi connectivity index (χ3n) is 3.44. The van der Waals surface area contributed by atoms with E-state index in [0.717, 1.165) is 25.9 Å². The minimum absolute atomic E-state index is 0.171. The first-order valence-corrected chi connectivity index (χ1v) is 6.08. The lowest BCUT2D eigenvalue weighted by Crippen LogP contribution is -2.36. The van der Waals surface area contributed by atoms with Crippen LogP contribution < -0.4 is 5.73 Å². The molecule has 3 atom stereocenters. The number of amides is 1. The Morgan fingerprint density at radius 1 is 1.25 bits per heavy atom. The summed E-state index contributed by atoms with van der Waals surface area (Å²) < 4.78 is 5.37. The molecule has 92 valence electrons. The summed E-state index contributed by atoms with van der Waals surface area (Å²) in [6, 6.07) is 0.343. The molecule has 2 unspecified atom stereocenters. The molecule has 2 aliphatic rings. The van der Waals surface area contributed by atoms with Crippen molar-refractivity contribution in [1.29, 1.82) is 0 Å². The summed E-state index contributed by atoms with van der Waals surface area (Å²) in [5, 5.41) is 0. The van der Waals surface area contributed by atoms with Crippen molar-refractivity contribution in [2.45, 2.75) is 45.3 Å². The molecule has 1 aliphatic carbocycles. The van der Waals surface area contributed by atoms with E-state index in [1.54, 1.807) is 0 Å². The number of fused-ring (bicyclic) bond motifs is 1. The molecular weight excluding hydrogens is 204 g/mol. The van der Waals surface area contributed by atoms with E-state index in [1.165, 1.54) is 0 Å². The second-order valence-electron chi connectivity index (χ2n) is 6.14. The fourth-order valence-corrected chi connectivity index (χ4v) is 2.82. The number of carbonyl (C=O) groups is 1. The van der Waals surface area contributed by atoms with Crippen LogP contribution in [0.5, 0.6) is 0 Å². The van der Waals surface area contributed by atoms with Gasteiger partial charge in [0.05, 0.1) is 0 Å². The average Bonchev–Trinajstić information content (AvgIpc) is 2.56. The van der Waals surface area contributed by atoms with Crippen LogP contribution in [0.4, 0.5) is 4.79 Å². The second kappa shape index (κ2) is 3.91. The summed E-state index contributed by atoms with van der Waals surface area (Å²) in [5.41, 5.74) is 5.52. The topological polar surface area (TPSA) is 55.6 Å². The van der Waals surface area contributed by atoms with Crippen LogP contribution in [-0.4, -0.2) is 35.7 Å². The van der Waals surface area contributed by atoms with Crippen molar-refractivity contribution in [2.75, 3.05) is 13.1 Å². The van der Waals surface area contributed by atoms with E-state index in [0.29, 0.717) is 17.9 Å². The van der Waals surface area contributed by atoms with E-state index in [4.69, 9.17) is 10.5 Å². The first-order valence-electron chi connectivity index (χ1n) is 6.08. The quantitative estimate of drug-likeness (QED) is 0.682. The minimum atomic E-state index is -0.398. The van der Waals surface area contributed by atoms with Crippen molar-refractivity contribution in [3.8, 4) is 0 Å². The van der Waals surface area contributed by atoms with Gasteiger partial charge < -0.3 is 15.4 Å². The van der Waals surface area contributed by atoms with Crippen LogP contribution >= 0.6 is 0 Å². The summed E-state index contributed by atoms with van der Waals surface area (Å²) in [5.74, 6) is 1.20. The monoisotopic (exact) mass is 226 g/mol. The smallest absolute Gasteiger partial charge is 0.410 e. The molecule has 2 fully saturated rings. The van der Waals surface area contributed by atoms with Crippen molar-refractivity contribution in [1.82, 2.24) is 4.90 Å². The van der Waals surface area contributed by atoms with Crippen LogP contribution in [-0.2, 0) is 4.74 Å². The largest absolute Gasteiger partial charge is 0.444 e. The minimum Gasteiger partial charge on any atom is -0.444 e. The molecule has 1 heterocycles. The Labute approximate surface area is 97.1 Å². The Bertz CT molecular complexity index is 271. The molecule has 0 bridgehead atoms. The predicted molar refractivity (Wildman–Crippen MR) is 62.0 cm³/mol. The molecule has 0 aromatic heterocycles. The lowest BCUT2D eigenvalue weighted by atomic mass is 10.0. The van der Waals surface area contributed by atoms with Crippen LogP contribution in [0.15, 0.2) is 0 Å². The molecule has 1 saturated heterocycles. The van der Waals surface area contributed by atoms with Crippen LogP contribution in [0.1, 0.15) is 33.6 Å². The number of hydrogen-bond acceptors (Lipinski definition) is 3. The highest BCUT2D eigenvalue weighted by Crippen LogP contribution is 2.37. The summed E-state index contributed by atoms with van der Waals surface area (Å²) in [6.45, 7) is 7.35. The number of hydrogen-bond donors (Lipinski definition) is 1. The molecule has 4 nitrogen and oxygen atoms in total. The molecule has 1 amide bonds. The maximum atomic E-state index is 11.8. The van der Waals surface area contributed by atoms with Gasteiger partial charge in [-0.1, -0.05) is 0 Å². The Balaban J connectivity index is 1.88. The summed E-state index contributed by atoms with van der Waals surface area (Å²) >= 11 is 0. The Morgan fingerprint density at radius 2 is 1.75 bits per heavy atom. The van der Waals surface area contributed by atoms with Crippen molar-refractivity contribution in [3.05, 3.63) is 0 Å². The average molecular weight is 226 g/mol. The molecule has 0 spiro atoms. The standard InChI is InChI=1S/C12H22N2O2/c1-12(2,3)16-11(15)14-6-8-4-10(13)5-9(8)7-14/h8-10H,4-7,13H2,1-3H3/t8-,9?,10?/m1/s1. The molecule has 1 aliphatic heterocycles. The summed E-state index contributed by atoms with van der Waals surface area (Å²) in [7, 11) is 0. The zero-order chi connectivity index (χ0) is 11.9. The fourth-order valence-electron chi connectivity index (χ4n) is 2.82. The van der Waals surface area contributed by atoms with Crippen LogP contribution in [0, 0.1) is 11.8 Å². The first-order chi connectivity index (χ1) is 7.35. The van der Waals surface area contributed by atoms with E-state index in [1.807, 2.05) is 25.7 Å². The highest BCUT2D eigenvalue weighted by molar-refractivity contribution is 5.68. The first kappa shape index (κ1) is 11.7. The van der Waals surface area contributed by atoms with E-state index < -0.39 is 5.60 Å². The maximum Gasteiger partial charge on any atom is 0.410 e. The predicted octanol–water partition coefficient (Wildman–Crippen LogP) is 1.59. The van der Waals surface area contributed by atoms with Crippen molar-refractivity contribution in [3.63, 3.8) is 0 Å². The number of carbonyl (C=O) groups excluding carboxylic acids is 1. The molecule has 2 N–H and O–H groups in total. The third kappa shape index (κ3) is 2.48. The second-order valence-corrected chi connectivity index (χ2v) is 6.14. The van der Waals surface area contributed by atoms with Crippen LogP contribution in [0.25, 0.3) is 0 Å². The molecule has 1 saturated carbocycles. The summed E-state index contributed by atoms with van der Waals surface area (Å²) in [4.78, 5) is 13.7. The van der Waals surface area contributed by atoms with Gasteiger partial charge in [-0.15, -0.1) is 0 Å². The van der Waals surface area contributed by atoms with Gasteiger partial charge in [0.25, 0.3) is 0 Å². The van der Waals surface area contributed by atoms with Gasteiger partial charge in [0.2, 0.25) is 0 Å². The zero-order valence-corrected chi connectivity index (χ0v) is 10.4. The molecule has 0 radical (unpaired) electrons. The lowest BCUT2D eigenvalue weighted by Gasteiger charge is -2.25. The number of rotatable bonds is 0. The summed E-state index contributed by atoms with van der Waals surface area (Å²) in [6.07, 6.45) is 1.95. The van der Waals surface area contributed by atoms with Gasteiger partial charge in [-0.25, -0.2) is 4.79 Å². The van der Waals surface area contributed by atoms with Crippen molar-refractivity contribution >= 4 is 6.09 Å². The van der Waals surface area contributed by atoms with E-state index in [2.05, 4.69) is 0 Å². The fraction of sp³-hybridized carbons (Fsp3) is 0.917. The maximum absolute atomic E-state index is 11.8. The Morgan fingerprint density at radius 3 is 2.19 bits per heavy atom. The van der Waals surface area contributed by atoms with Gasteiger partial charge in [-0.05, 0) is 45.4 Å². The van der Waals surface area contributed by atoms with Gasteiger partial charge in [0.1, 0.15) is 5.60 Å². The van der Waals surface area contributed by atoms with Gasteiger partial charge in [-0.3, -0.25) is 0 Å². The molecule has 4 heteroatoms. The van der Waals surface area contributed by atoms with E-state index >= 15 is 0 Å². The lowest BCUT2D eigenvalue weighted by molar-refractivity contribution is 0.0279. The van der Waals surface area contributed by atoms with Crippen molar-refractivity contribution < 1.29 is 9.53 Å². The SMILES string of the molecule is CC(C)(C)OC(=O)N1CC2CC(N)C[C@@H]2C1. The van der Waals surface area contributed by atoms with Crippen molar-refractivity contribution in [2.24, 2.45) is 17.6 Å². The van der Waals surface area contributed by atoms with Gasteiger partial charge >= 0.3 is 6.09 Å². The number of nitrogens with zero attached hydrogens (tertiary/aromatic N) is 1. The molecule has 16 heavy (non-hydrogen) atoms. The third-order valence-corrected chi connectivity index (χ3v) is 3.44. The zero-order valence-electron chi connectivity index (χ0n) is 10.4. The number of likely N-dealkylation sites (tertiary alicyclic amines) is 1. The number of ether oxygens (including phenoxy) is 1. The molecule has 0 aromatic carbocycles. The van der Waals surface area contributed by atoms with Gasteiger partial charge in [0.15, 0.2) is 0 Å². The molecule has 0 aromatic rings. The highest BCUT2D eigenvalue weighted by atomic mass is 16.6. The Kier molecular flexibility index (Phi) is 2.86. The number of nitrogens with two attached hydrogens (primary N) is 1. The highest BCUT2D eigenvalue weighted by Gasteiger charge is 2.42. The molecular formula is C12H22N2O2. The van der Waals surface area contributed by atoms with E-state index in [9.17, 15) is 4.79 Å². The molecule has 2 rings (SSSR count).